The molecule has 2 unspecified atom stereocenters. The molecular weight excluding hydrogens is 470 g/mol. The van der Waals surface area contributed by atoms with E-state index < -0.39 is 5.60 Å². The fourth-order valence-corrected chi connectivity index (χ4v) is 5.71. The quantitative estimate of drug-likeness (QED) is 0.524. The van der Waals surface area contributed by atoms with E-state index in [0.717, 1.165) is 41.5 Å². The van der Waals surface area contributed by atoms with Crippen LogP contribution < -0.4 is 9.64 Å². The molecule has 6 nitrogen and oxygen atoms in total. The van der Waals surface area contributed by atoms with Gasteiger partial charge in [-0.3, -0.25) is 0 Å². The van der Waals surface area contributed by atoms with Crippen LogP contribution in [0.15, 0.2) is 34.8 Å². The number of hydrogen-bond acceptors (Lipinski definition) is 5. The zero-order chi connectivity index (χ0) is 22.6. The predicted molar refractivity (Wildman–Crippen MR) is 128 cm³/mol. The lowest BCUT2D eigenvalue weighted by molar-refractivity contribution is 0.00597. The topological polar surface area (TPSA) is 54.9 Å². The molecule has 2 atom stereocenters. The number of piperidine rings is 1. The molecule has 2 saturated heterocycles. The smallest absolute Gasteiger partial charge is 0.410 e. The summed E-state index contributed by atoms with van der Waals surface area (Å²) in [6, 6.07) is 11.3. The number of amides is 1. The summed E-state index contributed by atoms with van der Waals surface area (Å²) in [6.07, 6.45) is 3.78. The van der Waals surface area contributed by atoms with Crippen LogP contribution in [-0.2, 0) is 11.3 Å². The number of halogens is 1. The van der Waals surface area contributed by atoms with Crippen LogP contribution in [0.1, 0.15) is 52.0 Å². The Bertz CT molecular complexity index is 1040. The maximum absolute atomic E-state index is 12.8. The third-order valence-corrected chi connectivity index (χ3v) is 7.28. The average Bonchev–Trinajstić information content (AvgIpc) is 3.01. The summed E-state index contributed by atoms with van der Waals surface area (Å²) >= 11 is 3.54. The van der Waals surface area contributed by atoms with Gasteiger partial charge in [0.1, 0.15) is 18.0 Å². The van der Waals surface area contributed by atoms with Crippen LogP contribution in [-0.4, -0.2) is 46.8 Å². The standard InChI is InChI=1S/C25H30BrN3O3/c1-25(2,3)32-24(30)29-17-6-7-18(29)13-19(12-17)28(4)22-10-9-21-20-8-5-16(26)11-15(20)14-31-23(21)27-22/h5,8-11,17-19H,6-7,12-14H2,1-4H3. The maximum atomic E-state index is 12.8. The lowest BCUT2D eigenvalue weighted by Crippen LogP contribution is -2.53. The van der Waals surface area contributed by atoms with Crippen LogP contribution in [0.5, 0.6) is 5.88 Å². The second-order valence-electron chi connectivity index (χ2n) is 10.1. The lowest BCUT2D eigenvalue weighted by atomic mass is 9.96. The van der Waals surface area contributed by atoms with Gasteiger partial charge in [0, 0.05) is 35.2 Å². The summed E-state index contributed by atoms with van der Waals surface area (Å²) in [5, 5.41) is 0. The largest absolute Gasteiger partial charge is 0.472 e. The normalized spacial score (nSPS) is 23.8. The summed E-state index contributed by atoms with van der Waals surface area (Å²) in [5.41, 5.74) is 2.92. The Kier molecular flexibility index (Phi) is 5.35. The van der Waals surface area contributed by atoms with E-state index in [1.54, 1.807) is 0 Å². The Morgan fingerprint density at radius 1 is 1.16 bits per heavy atom. The first-order valence-corrected chi connectivity index (χ1v) is 12.2. The molecule has 2 fully saturated rings. The summed E-state index contributed by atoms with van der Waals surface area (Å²) in [4.78, 5) is 21.9. The van der Waals surface area contributed by atoms with Gasteiger partial charge in [-0.1, -0.05) is 22.0 Å². The number of carbonyl (C=O) groups excluding carboxylic acids is 1. The molecule has 2 aromatic rings. The number of ether oxygens (including phenoxy) is 2. The minimum absolute atomic E-state index is 0.170. The molecule has 4 heterocycles. The average molecular weight is 500 g/mol. The van der Waals surface area contributed by atoms with Crippen molar-refractivity contribution in [3.05, 3.63) is 40.4 Å². The summed E-state index contributed by atoms with van der Waals surface area (Å²) < 4.78 is 12.7. The predicted octanol–water partition coefficient (Wildman–Crippen LogP) is 5.77. The van der Waals surface area contributed by atoms with E-state index in [9.17, 15) is 4.79 Å². The lowest BCUT2D eigenvalue weighted by Gasteiger charge is -2.42. The number of benzene rings is 1. The first-order valence-electron chi connectivity index (χ1n) is 11.4. The molecule has 32 heavy (non-hydrogen) atoms. The van der Waals surface area contributed by atoms with Crippen molar-refractivity contribution < 1.29 is 14.3 Å². The second-order valence-corrected chi connectivity index (χ2v) is 11.0. The molecule has 0 N–H and O–H groups in total. The molecule has 0 radical (unpaired) electrons. The van der Waals surface area contributed by atoms with Crippen LogP contribution in [0.2, 0.25) is 0 Å². The van der Waals surface area contributed by atoms with Gasteiger partial charge in [0.25, 0.3) is 0 Å². The highest BCUT2D eigenvalue weighted by Gasteiger charge is 2.46. The number of anilines is 1. The summed E-state index contributed by atoms with van der Waals surface area (Å²) in [7, 11) is 2.11. The number of nitrogens with zero attached hydrogens (tertiary/aromatic N) is 3. The number of fused-ring (bicyclic) bond motifs is 5. The van der Waals surface area contributed by atoms with Crippen molar-refractivity contribution in [2.24, 2.45) is 0 Å². The molecule has 3 aliphatic heterocycles. The van der Waals surface area contributed by atoms with Gasteiger partial charge in [-0.2, -0.15) is 4.98 Å². The Morgan fingerprint density at radius 3 is 2.53 bits per heavy atom. The molecule has 170 valence electrons. The van der Waals surface area contributed by atoms with Gasteiger partial charge in [-0.15, -0.1) is 0 Å². The Morgan fingerprint density at radius 2 is 1.84 bits per heavy atom. The van der Waals surface area contributed by atoms with E-state index in [1.165, 1.54) is 11.1 Å². The van der Waals surface area contributed by atoms with E-state index in [2.05, 4.69) is 58.2 Å². The minimum Gasteiger partial charge on any atom is -0.472 e. The molecule has 1 aromatic carbocycles. The van der Waals surface area contributed by atoms with Gasteiger partial charge < -0.3 is 19.3 Å². The molecule has 7 heteroatoms. The number of rotatable bonds is 2. The molecule has 0 saturated carbocycles. The van der Waals surface area contributed by atoms with Crippen molar-refractivity contribution in [3.8, 4) is 17.0 Å². The van der Waals surface area contributed by atoms with Crippen LogP contribution in [0.4, 0.5) is 10.6 Å². The van der Waals surface area contributed by atoms with E-state index >= 15 is 0 Å². The Balaban J connectivity index is 1.33. The highest BCUT2D eigenvalue weighted by molar-refractivity contribution is 9.10. The van der Waals surface area contributed by atoms with E-state index in [4.69, 9.17) is 14.5 Å². The highest BCUT2D eigenvalue weighted by Crippen LogP contribution is 2.41. The highest BCUT2D eigenvalue weighted by atomic mass is 79.9. The molecule has 0 aliphatic carbocycles. The molecule has 1 amide bonds. The van der Waals surface area contributed by atoms with E-state index in [-0.39, 0.29) is 18.2 Å². The van der Waals surface area contributed by atoms with Crippen molar-refractivity contribution >= 4 is 27.8 Å². The zero-order valence-corrected chi connectivity index (χ0v) is 20.7. The van der Waals surface area contributed by atoms with Crippen molar-refractivity contribution in [2.45, 2.75) is 76.8 Å². The first kappa shape index (κ1) is 21.6. The van der Waals surface area contributed by atoms with E-state index in [1.807, 2.05) is 25.7 Å². The van der Waals surface area contributed by atoms with Crippen molar-refractivity contribution in [2.75, 3.05) is 11.9 Å². The third-order valence-electron chi connectivity index (χ3n) is 6.79. The number of pyridine rings is 1. The Hall–Kier alpha value is -2.28. The molecule has 1 aromatic heterocycles. The Labute approximate surface area is 198 Å². The third kappa shape index (κ3) is 3.96. The SMILES string of the molecule is CN(c1ccc2c(n1)OCc1cc(Br)ccc1-2)C1CC2CCC(C1)N2C(=O)OC(C)(C)C. The molecule has 3 aliphatic rings. The van der Waals surface area contributed by atoms with Gasteiger partial charge >= 0.3 is 6.09 Å². The van der Waals surface area contributed by atoms with Crippen LogP contribution in [0, 0.1) is 0 Å². The van der Waals surface area contributed by atoms with Gasteiger partial charge in [0.05, 0.1) is 0 Å². The minimum atomic E-state index is -0.466. The number of carbonyl (C=O) groups is 1. The van der Waals surface area contributed by atoms with Gasteiger partial charge in [0.15, 0.2) is 0 Å². The monoisotopic (exact) mass is 499 g/mol. The van der Waals surface area contributed by atoms with Gasteiger partial charge in [-0.05, 0) is 81.8 Å². The molecule has 0 spiro atoms. The fraction of sp³-hybridized carbons (Fsp3) is 0.520. The second kappa shape index (κ2) is 7.94. The van der Waals surface area contributed by atoms with Gasteiger partial charge in [-0.25, -0.2) is 4.79 Å². The van der Waals surface area contributed by atoms with Gasteiger partial charge in [0.2, 0.25) is 5.88 Å². The van der Waals surface area contributed by atoms with Crippen LogP contribution >= 0.6 is 15.9 Å². The molecular formula is C25H30BrN3O3. The summed E-state index contributed by atoms with van der Waals surface area (Å²) in [5.74, 6) is 1.61. The van der Waals surface area contributed by atoms with Crippen LogP contribution in [0.3, 0.4) is 0 Å². The van der Waals surface area contributed by atoms with Crippen LogP contribution in [0.25, 0.3) is 11.1 Å². The maximum Gasteiger partial charge on any atom is 0.410 e. The molecule has 2 bridgehead atoms. The first-order chi connectivity index (χ1) is 15.2. The number of aromatic nitrogens is 1. The van der Waals surface area contributed by atoms with Crippen molar-refractivity contribution in [1.82, 2.24) is 9.88 Å². The molecule has 5 rings (SSSR count). The van der Waals surface area contributed by atoms with Crippen molar-refractivity contribution in [3.63, 3.8) is 0 Å². The van der Waals surface area contributed by atoms with Crippen molar-refractivity contribution in [1.29, 1.82) is 0 Å². The number of hydrogen-bond donors (Lipinski definition) is 0. The summed E-state index contributed by atoms with van der Waals surface area (Å²) in [6.45, 7) is 6.30. The zero-order valence-electron chi connectivity index (χ0n) is 19.1. The van der Waals surface area contributed by atoms with E-state index in [0.29, 0.717) is 18.5 Å². The fourth-order valence-electron chi connectivity index (χ4n) is 5.30.